The van der Waals surface area contributed by atoms with E-state index in [9.17, 15) is 4.79 Å². The molecule has 1 amide bonds. The van der Waals surface area contributed by atoms with E-state index in [0.29, 0.717) is 23.0 Å². The predicted octanol–water partition coefficient (Wildman–Crippen LogP) is 6.46. The number of carbonyl (C=O) groups excluding carboxylic acids is 1. The number of furan rings is 1. The van der Waals surface area contributed by atoms with Gasteiger partial charge in [0.05, 0.1) is 5.69 Å². The van der Waals surface area contributed by atoms with Crippen molar-refractivity contribution in [1.29, 1.82) is 0 Å². The number of fused-ring (bicyclic) bond motifs is 1. The summed E-state index contributed by atoms with van der Waals surface area (Å²) in [5.41, 5.74) is 3.36. The van der Waals surface area contributed by atoms with E-state index in [1.165, 1.54) is 11.3 Å². The highest BCUT2D eigenvalue weighted by Crippen LogP contribution is 2.32. The van der Waals surface area contributed by atoms with Crippen molar-refractivity contribution < 1.29 is 9.21 Å². The Morgan fingerprint density at radius 2 is 2.07 bits per heavy atom. The van der Waals surface area contributed by atoms with E-state index in [2.05, 4.69) is 27.5 Å². The van der Waals surface area contributed by atoms with Gasteiger partial charge in [0.25, 0.3) is 5.91 Å². The standard InChI is InChI=1S/C22H17BrN2O2S/c1-3-11-25(22-24-18(13-28-22)15-7-5-4-6-8-15)21(26)20-14(2)17-12-16(23)9-10-19(17)27-20/h3-10,12-13H,1,11H2,2H3. The Labute approximate surface area is 175 Å². The minimum atomic E-state index is -0.223. The van der Waals surface area contributed by atoms with Crippen molar-refractivity contribution in [2.75, 3.05) is 11.4 Å². The van der Waals surface area contributed by atoms with E-state index >= 15 is 0 Å². The summed E-state index contributed by atoms with van der Waals surface area (Å²) in [6, 6.07) is 15.6. The maximum Gasteiger partial charge on any atom is 0.296 e. The van der Waals surface area contributed by atoms with E-state index < -0.39 is 0 Å². The summed E-state index contributed by atoms with van der Waals surface area (Å²) in [5.74, 6) is 0.102. The van der Waals surface area contributed by atoms with E-state index in [4.69, 9.17) is 4.42 Å². The second-order valence-corrected chi connectivity index (χ2v) is 8.03. The van der Waals surface area contributed by atoms with Crippen molar-refractivity contribution in [3.05, 3.63) is 82.4 Å². The maximum atomic E-state index is 13.3. The molecule has 0 N–H and O–H groups in total. The zero-order valence-corrected chi connectivity index (χ0v) is 17.6. The third kappa shape index (κ3) is 3.41. The molecule has 0 aliphatic carbocycles. The molecule has 4 nitrogen and oxygen atoms in total. The maximum absolute atomic E-state index is 13.3. The number of amides is 1. The summed E-state index contributed by atoms with van der Waals surface area (Å²) in [6.45, 7) is 6.04. The van der Waals surface area contributed by atoms with Crippen LogP contribution in [0.3, 0.4) is 0 Å². The van der Waals surface area contributed by atoms with Gasteiger partial charge in [-0.3, -0.25) is 9.69 Å². The molecule has 0 bridgehead atoms. The first-order valence-electron chi connectivity index (χ1n) is 8.71. The van der Waals surface area contributed by atoms with Gasteiger partial charge in [-0.1, -0.05) is 52.3 Å². The highest BCUT2D eigenvalue weighted by Gasteiger charge is 2.26. The zero-order valence-electron chi connectivity index (χ0n) is 15.2. The number of nitrogens with zero attached hydrogens (tertiary/aromatic N) is 2. The first kappa shape index (κ1) is 18.7. The van der Waals surface area contributed by atoms with E-state index in [-0.39, 0.29) is 5.91 Å². The molecule has 0 radical (unpaired) electrons. The van der Waals surface area contributed by atoms with Crippen LogP contribution in [0.15, 0.2) is 75.5 Å². The smallest absolute Gasteiger partial charge is 0.296 e. The molecule has 2 aromatic heterocycles. The summed E-state index contributed by atoms with van der Waals surface area (Å²) in [7, 11) is 0. The van der Waals surface area contributed by atoms with Crippen LogP contribution in [0.1, 0.15) is 16.1 Å². The Morgan fingerprint density at radius 3 is 2.82 bits per heavy atom. The SMILES string of the molecule is C=CCN(C(=O)c1oc2ccc(Br)cc2c1C)c1nc(-c2ccccc2)cs1. The zero-order chi connectivity index (χ0) is 19.7. The normalized spacial score (nSPS) is 10.9. The molecule has 0 atom stereocenters. The van der Waals surface area contributed by atoms with Crippen molar-refractivity contribution in [2.24, 2.45) is 0 Å². The summed E-state index contributed by atoms with van der Waals surface area (Å²) in [6.07, 6.45) is 1.69. The predicted molar refractivity (Wildman–Crippen MR) is 118 cm³/mol. The quantitative estimate of drug-likeness (QED) is 0.326. The van der Waals surface area contributed by atoms with Gasteiger partial charge in [0, 0.05) is 32.9 Å². The molecule has 0 unspecified atom stereocenters. The lowest BCUT2D eigenvalue weighted by atomic mass is 10.1. The number of benzene rings is 2. The van der Waals surface area contributed by atoms with Gasteiger partial charge in [0.15, 0.2) is 10.9 Å². The van der Waals surface area contributed by atoms with Gasteiger partial charge in [-0.2, -0.15) is 0 Å². The first-order valence-corrected chi connectivity index (χ1v) is 10.4. The molecule has 2 heterocycles. The first-order chi connectivity index (χ1) is 13.6. The molecule has 0 aliphatic heterocycles. The van der Waals surface area contributed by atoms with Crippen LogP contribution in [0.25, 0.3) is 22.2 Å². The highest BCUT2D eigenvalue weighted by molar-refractivity contribution is 9.10. The van der Waals surface area contributed by atoms with Crippen LogP contribution < -0.4 is 4.90 Å². The fourth-order valence-corrected chi connectivity index (χ4v) is 4.23. The van der Waals surface area contributed by atoms with Crippen LogP contribution in [-0.4, -0.2) is 17.4 Å². The topological polar surface area (TPSA) is 46.3 Å². The number of aryl methyl sites for hydroxylation is 1. The molecule has 0 spiro atoms. The molecule has 6 heteroatoms. The van der Waals surface area contributed by atoms with E-state index in [1.54, 1.807) is 11.0 Å². The second-order valence-electron chi connectivity index (χ2n) is 6.28. The van der Waals surface area contributed by atoms with Gasteiger partial charge in [0.2, 0.25) is 0 Å². The molecular formula is C22H17BrN2O2S. The van der Waals surface area contributed by atoms with Crippen LogP contribution in [0, 0.1) is 6.92 Å². The van der Waals surface area contributed by atoms with Crippen molar-refractivity contribution in [1.82, 2.24) is 4.98 Å². The fraction of sp³-hybridized carbons (Fsp3) is 0.0909. The minimum Gasteiger partial charge on any atom is -0.451 e. The van der Waals surface area contributed by atoms with Crippen LogP contribution >= 0.6 is 27.3 Å². The third-order valence-electron chi connectivity index (χ3n) is 4.44. The molecule has 0 saturated heterocycles. The van der Waals surface area contributed by atoms with Crippen molar-refractivity contribution in [2.45, 2.75) is 6.92 Å². The fourth-order valence-electron chi connectivity index (χ4n) is 3.03. The van der Waals surface area contributed by atoms with Crippen LogP contribution in [-0.2, 0) is 0 Å². The number of rotatable bonds is 5. The highest BCUT2D eigenvalue weighted by atomic mass is 79.9. The van der Waals surface area contributed by atoms with Gasteiger partial charge in [-0.25, -0.2) is 4.98 Å². The Hall–Kier alpha value is -2.70. The third-order valence-corrected chi connectivity index (χ3v) is 5.80. The summed E-state index contributed by atoms with van der Waals surface area (Å²) < 4.78 is 6.83. The summed E-state index contributed by atoms with van der Waals surface area (Å²) in [5, 5.41) is 3.49. The number of hydrogen-bond donors (Lipinski definition) is 0. The number of hydrogen-bond acceptors (Lipinski definition) is 4. The molecular weight excluding hydrogens is 436 g/mol. The molecule has 140 valence electrons. The van der Waals surface area contributed by atoms with Crippen LogP contribution in [0.5, 0.6) is 0 Å². The minimum absolute atomic E-state index is 0.223. The molecule has 4 rings (SSSR count). The lowest BCUT2D eigenvalue weighted by molar-refractivity contribution is 0.0964. The number of anilines is 1. The summed E-state index contributed by atoms with van der Waals surface area (Å²) >= 11 is 4.90. The Morgan fingerprint density at radius 1 is 1.29 bits per heavy atom. The van der Waals surface area contributed by atoms with Gasteiger partial charge >= 0.3 is 0 Å². The number of thiazole rings is 1. The summed E-state index contributed by atoms with van der Waals surface area (Å²) in [4.78, 5) is 19.6. The van der Waals surface area contributed by atoms with E-state index in [1.807, 2.05) is 60.8 Å². The molecule has 0 aliphatic rings. The lowest BCUT2D eigenvalue weighted by Gasteiger charge is -2.17. The molecule has 2 aromatic carbocycles. The molecule has 0 saturated carbocycles. The van der Waals surface area contributed by atoms with Gasteiger partial charge in [0.1, 0.15) is 5.58 Å². The van der Waals surface area contributed by atoms with Gasteiger partial charge in [-0.05, 0) is 25.1 Å². The van der Waals surface area contributed by atoms with Crippen molar-refractivity contribution >= 4 is 49.3 Å². The Balaban J connectivity index is 1.72. The number of carbonyl (C=O) groups is 1. The molecule has 28 heavy (non-hydrogen) atoms. The van der Waals surface area contributed by atoms with Crippen LogP contribution in [0.4, 0.5) is 5.13 Å². The van der Waals surface area contributed by atoms with Crippen molar-refractivity contribution in [3.8, 4) is 11.3 Å². The second kappa shape index (κ2) is 7.73. The van der Waals surface area contributed by atoms with E-state index in [0.717, 1.165) is 26.7 Å². The van der Waals surface area contributed by atoms with Gasteiger partial charge < -0.3 is 4.42 Å². The largest absolute Gasteiger partial charge is 0.451 e. The monoisotopic (exact) mass is 452 g/mol. The Kier molecular flexibility index (Phi) is 5.15. The molecule has 0 fully saturated rings. The Bertz CT molecular complexity index is 1160. The van der Waals surface area contributed by atoms with Gasteiger partial charge in [-0.15, -0.1) is 17.9 Å². The number of halogens is 1. The van der Waals surface area contributed by atoms with Crippen molar-refractivity contribution in [3.63, 3.8) is 0 Å². The lowest BCUT2D eigenvalue weighted by Crippen LogP contribution is -2.31. The average molecular weight is 453 g/mol. The number of aromatic nitrogens is 1. The van der Waals surface area contributed by atoms with Crippen LogP contribution in [0.2, 0.25) is 0 Å². The average Bonchev–Trinajstić information content (AvgIpc) is 3.32. The molecule has 4 aromatic rings.